The summed E-state index contributed by atoms with van der Waals surface area (Å²) in [6.07, 6.45) is 5.19. The molecule has 0 heterocycles. The predicted octanol–water partition coefficient (Wildman–Crippen LogP) is 3.50. The van der Waals surface area contributed by atoms with Gasteiger partial charge in [0.05, 0.1) is 6.54 Å². The van der Waals surface area contributed by atoms with Gasteiger partial charge in [0.15, 0.2) is 0 Å². The van der Waals surface area contributed by atoms with E-state index in [2.05, 4.69) is 37.1 Å². The van der Waals surface area contributed by atoms with Crippen molar-refractivity contribution in [2.75, 3.05) is 11.9 Å². The molecule has 0 aromatic heterocycles. The third kappa shape index (κ3) is 3.46. The van der Waals surface area contributed by atoms with E-state index in [1.165, 1.54) is 36.8 Å². The molecule has 0 bridgehead atoms. The van der Waals surface area contributed by atoms with Crippen LogP contribution in [0.25, 0.3) is 0 Å². The van der Waals surface area contributed by atoms with Gasteiger partial charge in [0.1, 0.15) is 0 Å². The van der Waals surface area contributed by atoms with Crippen molar-refractivity contribution in [3.63, 3.8) is 0 Å². The highest BCUT2D eigenvalue weighted by atomic mass is 16.2. The van der Waals surface area contributed by atoms with E-state index in [1.807, 2.05) is 12.1 Å². The average molecular weight is 286 g/mol. The fourth-order valence-corrected chi connectivity index (χ4v) is 3.10. The second-order valence-corrected chi connectivity index (χ2v) is 6.78. The Balaban J connectivity index is 1.63. The highest BCUT2D eigenvalue weighted by molar-refractivity contribution is 5.93. The van der Waals surface area contributed by atoms with Crippen LogP contribution >= 0.6 is 0 Å². The van der Waals surface area contributed by atoms with Gasteiger partial charge in [-0.05, 0) is 69.6 Å². The fraction of sp³-hybridized carbons (Fsp3) is 0.611. The zero-order chi connectivity index (χ0) is 15.0. The quantitative estimate of drug-likeness (QED) is 0.868. The molecule has 3 rings (SSSR count). The summed E-state index contributed by atoms with van der Waals surface area (Å²) in [5.74, 6) is 0.946. The van der Waals surface area contributed by atoms with E-state index in [4.69, 9.17) is 0 Å². The molecule has 3 heteroatoms. The van der Waals surface area contributed by atoms with Crippen LogP contribution in [0.2, 0.25) is 0 Å². The highest BCUT2D eigenvalue weighted by Crippen LogP contribution is 2.39. The average Bonchev–Trinajstić information content (AvgIpc) is 3.31. The van der Waals surface area contributed by atoms with Crippen molar-refractivity contribution in [3.8, 4) is 0 Å². The number of nitrogens with one attached hydrogen (secondary N) is 1. The Labute approximate surface area is 127 Å². The Hall–Kier alpha value is -1.35. The summed E-state index contributed by atoms with van der Waals surface area (Å²) in [4.78, 5) is 14.8. The van der Waals surface area contributed by atoms with Crippen molar-refractivity contribution in [2.24, 2.45) is 5.92 Å². The molecular weight excluding hydrogens is 260 g/mol. The Bertz CT molecular complexity index is 532. The maximum atomic E-state index is 12.4. The number of carbonyl (C=O) groups excluding carboxylic acids is 1. The van der Waals surface area contributed by atoms with E-state index in [0.29, 0.717) is 18.6 Å². The van der Waals surface area contributed by atoms with Crippen molar-refractivity contribution in [2.45, 2.75) is 58.5 Å². The Morgan fingerprint density at radius 2 is 2.00 bits per heavy atom. The van der Waals surface area contributed by atoms with Gasteiger partial charge >= 0.3 is 0 Å². The highest BCUT2D eigenvalue weighted by Gasteiger charge is 2.39. The summed E-state index contributed by atoms with van der Waals surface area (Å²) < 4.78 is 0. The first-order chi connectivity index (χ1) is 10.1. The molecule has 0 saturated heterocycles. The lowest BCUT2D eigenvalue weighted by Crippen LogP contribution is -2.42. The van der Waals surface area contributed by atoms with E-state index in [0.717, 1.165) is 11.6 Å². The van der Waals surface area contributed by atoms with Gasteiger partial charge in [-0.3, -0.25) is 9.69 Å². The summed E-state index contributed by atoms with van der Waals surface area (Å²) in [6, 6.07) is 7.28. The lowest BCUT2D eigenvalue weighted by atomic mass is 10.1. The van der Waals surface area contributed by atoms with Crippen LogP contribution in [0.5, 0.6) is 0 Å². The molecule has 1 N–H and O–H groups in total. The van der Waals surface area contributed by atoms with Crippen LogP contribution in [0.4, 0.5) is 5.69 Å². The first-order valence-electron chi connectivity index (χ1n) is 8.18. The summed E-state index contributed by atoms with van der Waals surface area (Å²) in [5, 5.41) is 3.10. The van der Waals surface area contributed by atoms with Gasteiger partial charge in [-0.2, -0.15) is 0 Å². The maximum absolute atomic E-state index is 12.4. The van der Waals surface area contributed by atoms with Crippen LogP contribution in [0.15, 0.2) is 18.2 Å². The molecule has 2 aliphatic rings. The minimum absolute atomic E-state index is 0.128. The van der Waals surface area contributed by atoms with Crippen LogP contribution < -0.4 is 5.32 Å². The Morgan fingerprint density at radius 3 is 2.62 bits per heavy atom. The van der Waals surface area contributed by atoms with E-state index in [9.17, 15) is 4.79 Å². The van der Waals surface area contributed by atoms with Crippen LogP contribution in [0.3, 0.4) is 0 Å². The third-order valence-electron chi connectivity index (χ3n) is 5.05. The summed E-state index contributed by atoms with van der Waals surface area (Å²) in [7, 11) is 0. The molecule has 1 amide bonds. The number of carbonyl (C=O) groups is 1. The van der Waals surface area contributed by atoms with Gasteiger partial charge in [0.2, 0.25) is 5.91 Å². The number of benzene rings is 1. The van der Waals surface area contributed by atoms with Crippen LogP contribution in [0, 0.1) is 19.8 Å². The number of rotatable bonds is 6. The maximum Gasteiger partial charge on any atom is 0.238 e. The SMILES string of the molecule is Cc1cccc(NC(=O)CN(C2CC2)[C@H](C)C2CC2)c1C. The molecule has 0 radical (unpaired) electrons. The topological polar surface area (TPSA) is 32.3 Å². The summed E-state index contributed by atoms with van der Waals surface area (Å²) in [5.41, 5.74) is 3.34. The number of aryl methyl sites for hydroxylation is 1. The van der Waals surface area contributed by atoms with Crippen LogP contribution in [0.1, 0.15) is 43.7 Å². The van der Waals surface area contributed by atoms with Crippen molar-refractivity contribution in [1.82, 2.24) is 4.90 Å². The number of nitrogens with zero attached hydrogens (tertiary/aromatic N) is 1. The molecule has 2 aliphatic carbocycles. The van der Waals surface area contributed by atoms with Crippen molar-refractivity contribution < 1.29 is 4.79 Å². The van der Waals surface area contributed by atoms with Crippen LogP contribution in [-0.2, 0) is 4.79 Å². The van der Waals surface area contributed by atoms with Gasteiger partial charge < -0.3 is 5.32 Å². The lowest BCUT2D eigenvalue weighted by Gasteiger charge is -2.28. The van der Waals surface area contributed by atoms with E-state index in [1.54, 1.807) is 0 Å². The number of amides is 1. The molecule has 21 heavy (non-hydrogen) atoms. The molecular formula is C18H26N2O. The second kappa shape index (κ2) is 5.80. The van der Waals surface area contributed by atoms with Gasteiger partial charge in [0, 0.05) is 17.8 Å². The molecule has 2 fully saturated rings. The van der Waals surface area contributed by atoms with E-state index in [-0.39, 0.29) is 5.91 Å². The van der Waals surface area contributed by atoms with Crippen molar-refractivity contribution in [3.05, 3.63) is 29.3 Å². The predicted molar refractivity (Wildman–Crippen MR) is 86.5 cm³/mol. The largest absolute Gasteiger partial charge is 0.325 e. The number of hydrogen-bond acceptors (Lipinski definition) is 2. The van der Waals surface area contributed by atoms with E-state index < -0.39 is 0 Å². The zero-order valence-corrected chi connectivity index (χ0v) is 13.4. The smallest absolute Gasteiger partial charge is 0.238 e. The fourth-order valence-electron chi connectivity index (χ4n) is 3.10. The summed E-state index contributed by atoms with van der Waals surface area (Å²) in [6.45, 7) is 6.98. The van der Waals surface area contributed by atoms with Gasteiger partial charge in [0.25, 0.3) is 0 Å². The van der Waals surface area contributed by atoms with Gasteiger partial charge in [-0.25, -0.2) is 0 Å². The molecule has 1 aromatic carbocycles. The lowest BCUT2D eigenvalue weighted by molar-refractivity contribution is -0.118. The Morgan fingerprint density at radius 1 is 1.29 bits per heavy atom. The number of anilines is 1. The standard InChI is InChI=1S/C18H26N2O/c1-12-5-4-6-17(13(12)2)19-18(21)11-20(16-9-10-16)14(3)15-7-8-15/h4-6,14-16H,7-11H2,1-3H3,(H,19,21)/t14-/m1/s1. The summed E-state index contributed by atoms with van der Waals surface area (Å²) >= 11 is 0. The normalized spacial score (nSPS) is 19.6. The zero-order valence-electron chi connectivity index (χ0n) is 13.4. The molecule has 1 aromatic rings. The molecule has 0 aliphatic heterocycles. The second-order valence-electron chi connectivity index (χ2n) is 6.78. The first kappa shape index (κ1) is 14.6. The van der Waals surface area contributed by atoms with Crippen LogP contribution in [-0.4, -0.2) is 29.4 Å². The molecule has 0 unspecified atom stereocenters. The monoisotopic (exact) mass is 286 g/mol. The minimum Gasteiger partial charge on any atom is -0.325 e. The molecule has 1 atom stereocenters. The third-order valence-corrected chi connectivity index (χ3v) is 5.05. The first-order valence-corrected chi connectivity index (χ1v) is 8.18. The molecule has 3 nitrogen and oxygen atoms in total. The molecule has 0 spiro atoms. The Kier molecular flexibility index (Phi) is 4.03. The van der Waals surface area contributed by atoms with Gasteiger partial charge in [-0.15, -0.1) is 0 Å². The van der Waals surface area contributed by atoms with Crippen molar-refractivity contribution in [1.29, 1.82) is 0 Å². The molecule has 114 valence electrons. The minimum atomic E-state index is 0.128. The molecule has 2 saturated carbocycles. The van der Waals surface area contributed by atoms with Gasteiger partial charge in [-0.1, -0.05) is 12.1 Å². The van der Waals surface area contributed by atoms with Crippen molar-refractivity contribution >= 4 is 11.6 Å². The number of hydrogen-bond donors (Lipinski definition) is 1. The van der Waals surface area contributed by atoms with E-state index >= 15 is 0 Å².